The molecule has 0 aliphatic rings. The van der Waals surface area contributed by atoms with Crippen LogP contribution in [0.4, 0.5) is 4.39 Å². The van der Waals surface area contributed by atoms with Gasteiger partial charge in [-0.1, -0.05) is 17.7 Å². The molecule has 0 fully saturated rings. The lowest BCUT2D eigenvalue weighted by molar-refractivity contribution is 0.572. The Kier molecular flexibility index (Phi) is 5.12. The fourth-order valence-electron chi connectivity index (χ4n) is 2.25. The third-order valence-electron chi connectivity index (χ3n) is 3.46. The van der Waals surface area contributed by atoms with Gasteiger partial charge in [0, 0.05) is 31.7 Å². The highest BCUT2D eigenvalue weighted by molar-refractivity contribution is 7.89. The van der Waals surface area contributed by atoms with Crippen molar-refractivity contribution in [1.82, 2.24) is 19.3 Å². The summed E-state index contributed by atoms with van der Waals surface area (Å²) in [6.45, 7) is 0.494. The van der Waals surface area contributed by atoms with Crippen LogP contribution < -0.4 is 4.72 Å². The molecule has 3 rings (SSSR count). The molecule has 0 aliphatic carbocycles. The Morgan fingerprint density at radius 1 is 1.16 bits per heavy atom. The van der Waals surface area contributed by atoms with Crippen LogP contribution in [-0.2, 0) is 16.6 Å². The average molecular weight is 381 g/mol. The van der Waals surface area contributed by atoms with E-state index in [4.69, 9.17) is 11.6 Å². The second-order valence-corrected chi connectivity index (χ2v) is 7.31. The quantitative estimate of drug-likeness (QED) is 0.713. The molecule has 0 spiro atoms. The van der Waals surface area contributed by atoms with Crippen molar-refractivity contribution >= 4 is 21.6 Å². The molecule has 25 heavy (non-hydrogen) atoms. The van der Waals surface area contributed by atoms with Crippen molar-refractivity contribution in [2.75, 3.05) is 6.54 Å². The van der Waals surface area contributed by atoms with E-state index in [0.29, 0.717) is 18.1 Å². The zero-order valence-electron chi connectivity index (χ0n) is 12.9. The zero-order valence-corrected chi connectivity index (χ0v) is 14.5. The monoisotopic (exact) mass is 380 g/mol. The van der Waals surface area contributed by atoms with Gasteiger partial charge in [-0.2, -0.15) is 0 Å². The highest BCUT2D eigenvalue weighted by Gasteiger charge is 2.16. The molecule has 0 radical (unpaired) electrons. The lowest BCUT2D eigenvalue weighted by Gasteiger charge is -2.10. The van der Waals surface area contributed by atoms with Gasteiger partial charge in [-0.25, -0.2) is 22.5 Å². The number of aromatic nitrogens is 3. The van der Waals surface area contributed by atoms with E-state index in [1.54, 1.807) is 29.2 Å². The molecule has 130 valence electrons. The minimum Gasteiger partial charge on any atom is -0.328 e. The maximum atomic E-state index is 13.2. The molecule has 1 N–H and O–H groups in total. The first-order chi connectivity index (χ1) is 12.0. The van der Waals surface area contributed by atoms with Gasteiger partial charge in [0.15, 0.2) is 5.82 Å². The molecule has 6 nitrogen and oxygen atoms in total. The van der Waals surface area contributed by atoms with Crippen LogP contribution in [0.5, 0.6) is 0 Å². The molecule has 0 amide bonds. The first-order valence-corrected chi connectivity index (χ1v) is 9.21. The summed E-state index contributed by atoms with van der Waals surface area (Å²) in [6.07, 6.45) is 5.03. The van der Waals surface area contributed by atoms with Crippen LogP contribution >= 0.6 is 11.6 Å². The molecule has 0 saturated carbocycles. The van der Waals surface area contributed by atoms with Crippen LogP contribution in [0.2, 0.25) is 5.02 Å². The van der Waals surface area contributed by atoms with Gasteiger partial charge in [0.05, 0.1) is 9.92 Å². The number of nitrogens with one attached hydrogen (secondary N) is 1. The van der Waals surface area contributed by atoms with Crippen LogP contribution in [0, 0.1) is 5.82 Å². The molecule has 0 bridgehead atoms. The Labute approximate surface area is 149 Å². The van der Waals surface area contributed by atoms with Gasteiger partial charge in [0.2, 0.25) is 10.0 Å². The third-order valence-corrected chi connectivity index (χ3v) is 5.20. The number of pyridine rings is 1. The number of sulfonamides is 1. The van der Waals surface area contributed by atoms with Gasteiger partial charge in [-0.05, 0) is 30.3 Å². The number of nitrogens with zero attached hydrogens (tertiary/aromatic N) is 3. The van der Waals surface area contributed by atoms with Crippen LogP contribution in [0.15, 0.2) is 59.9 Å². The molecule has 0 saturated heterocycles. The van der Waals surface area contributed by atoms with Crippen LogP contribution in [0.25, 0.3) is 11.5 Å². The van der Waals surface area contributed by atoms with Gasteiger partial charge in [0.25, 0.3) is 0 Å². The first-order valence-electron chi connectivity index (χ1n) is 7.34. The van der Waals surface area contributed by atoms with Gasteiger partial charge in [0.1, 0.15) is 11.5 Å². The topological polar surface area (TPSA) is 76.9 Å². The molecule has 2 heterocycles. The number of rotatable bonds is 6. The van der Waals surface area contributed by atoms with E-state index in [9.17, 15) is 12.8 Å². The minimum atomic E-state index is -3.78. The summed E-state index contributed by atoms with van der Waals surface area (Å²) in [6, 6.07) is 8.74. The lowest BCUT2D eigenvalue weighted by Crippen LogP contribution is -2.27. The molecular formula is C16H14ClFN4O2S. The van der Waals surface area contributed by atoms with Crippen molar-refractivity contribution in [1.29, 1.82) is 0 Å². The van der Waals surface area contributed by atoms with Gasteiger partial charge < -0.3 is 4.57 Å². The third kappa shape index (κ3) is 4.04. The molecular weight excluding hydrogens is 367 g/mol. The average Bonchev–Trinajstić information content (AvgIpc) is 3.06. The molecule has 0 aliphatic heterocycles. The number of hydrogen-bond acceptors (Lipinski definition) is 4. The highest BCUT2D eigenvalue weighted by Crippen LogP contribution is 2.19. The Balaban J connectivity index is 1.69. The van der Waals surface area contributed by atoms with Crippen LogP contribution in [0.1, 0.15) is 0 Å². The summed E-state index contributed by atoms with van der Waals surface area (Å²) in [5.74, 6) is -0.0244. The number of benzene rings is 1. The Morgan fingerprint density at radius 3 is 2.72 bits per heavy atom. The van der Waals surface area contributed by atoms with Crippen molar-refractivity contribution < 1.29 is 12.8 Å². The van der Waals surface area contributed by atoms with Gasteiger partial charge in [-0.15, -0.1) is 0 Å². The van der Waals surface area contributed by atoms with Crippen LogP contribution in [0.3, 0.4) is 0 Å². The predicted molar refractivity (Wildman–Crippen MR) is 92.1 cm³/mol. The van der Waals surface area contributed by atoms with Gasteiger partial charge in [-0.3, -0.25) is 4.98 Å². The second-order valence-electron chi connectivity index (χ2n) is 5.13. The SMILES string of the molecule is O=S(=O)(NCCn1ccnc1-c1ccccn1)c1ccc(F)c(Cl)c1. The first kappa shape index (κ1) is 17.5. The lowest BCUT2D eigenvalue weighted by atomic mass is 10.3. The van der Waals surface area contributed by atoms with E-state index in [1.165, 1.54) is 6.07 Å². The van der Waals surface area contributed by atoms with E-state index in [0.717, 1.165) is 12.1 Å². The molecule has 0 atom stereocenters. The molecule has 2 aromatic heterocycles. The van der Waals surface area contributed by atoms with E-state index < -0.39 is 15.8 Å². The normalized spacial score (nSPS) is 11.6. The number of imidazole rings is 1. The van der Waals surface area contributed by atoms with E-state index in [-0.39, 0.29) is 16.5 Å². The molecule has 3 aromatic rings. The fourth-order valence-corrected chi connectivity index (χ4v) is 3.54. The number of halogens is 2. The van der Waals surface area contributed by atoms with Crippen molar-refractivity contribution in [3.63, 3.8) is 0 Å². The smallest absolute Gasteiger partial charge is 0.240 e. The highest BCUT2D eigenvalue weighted by atomic mass is 35.5. The Morgan fingerprint density at radius 2 is 2.00 bits per heavy atom. The number of hydrogen-bond donors (Lipinski definition) is 1. The standard InChI is InChI=1S/C16H14ClFN4O2S/c17-13-11-12(4-5-14(13)18)25(23,24)21-8-10-22-9-7-20-16(22)15-3-1-2-6-19-15/h1-7,9,11,21H,8,10H2. The summed E-state index contributed by atoms with van der Waals surface area (Å²) in [4.78, 5) is 8.39. The maximum absolute atomic E-state index is 13.2. The summed E-state index contributed by atoms with van der Waals surface area (Å²) >= 11 is 5.64. The summed E-state index contributed by atoms with van der Waals surface area (Å²) < 4.78 is 41.9. The summed E-state index contributed by atoms with van der Waals surface area (Å²) in [5, 5.41) is -0.241. The Bertz CT molecular complexity index is 977. The van der Waals surface area contributed by atoms with Crippen molar-refractivity contribution in [2.24, 2.45) is 0 Å². The predicted octanol–water partition coefficient (Wildman–Crippen LogP) is 2.72. The second kappa shape index (κ2) is 7.30. The summed E-state index contributed by atoms with van der Waals surface area (Å²) in [7, 11) is -3.78. The maximum Gasteiger partial charge on any atom is 0.240 e. The summed E-state index contributed by atoms with van der Waals surface area (Å²) in [5.41, 5.74) is 0.695. The Hall–Kier alpha value is -2.29. The zero-order chi connectivity index (χ0) is 17.9. The minimum absolute atomic E-state index is 0.0884. The fraction of sp³-hybridized carbons (Fsp3) is 0.125. The molecule has 1 aromatic carbocycles. The molecule has 0 unspecified atom stereocenters. The van der Waals surface area contributed by atoms with Gasteiger partial charge >= 0.3 is 0 Å². The van der Waals surface area contributed by atoms with Crippen molar-refractivity contribution in [3.8, 4) is 11.5 Å². The van der Waals surface area contributed by atoms with Crippen LogP contribution in [-0.4, -0.2) is 29.5 Å². The molecule has 9 heteroatoms. The van der Waals surface area contributed by atoms with E-state index in [2.05, 4.69) is 14.7 Å². The van der Waals surface area contributed by atoms with Crippen molar-refractivity contribution in [3.05, 3.63) is 65.8 Å². The van der Waals surface area contributed by atoms with E-state index >= 15 is 0 Å². The largest absolute Gasteiger partial charge is 0.328 e. The van der Waals surface area contributed by atoms with E-state index in [1.807, 2.05) is 12.1 Å². The van der Waals surface area contributed by atoms with Crippen molar-refractivity contribution in [2.45, 2.75) is 11.4 Å².